The fourth-order valence-corrected chi connectivity index (χ4v) is 4.01. The minimum Gasteiger partial charge on any atom is -0.359 e. The SMILES string of the molecule is O=C(Nc1c[nH]c2cc(F)c(F)cc12)c1cn(-c2ccnc(N3CCN(CC(F)(F)F)CC3)c2)nn1. The molecule has 1 saturated heterocycles. The molecular formula is C22H19F5N8O. The summed E-state index contributed by atoms with van der Waals surface area (Å²) < 4.78 is 66.3. The van der Waals surface area contributed by atoms with Crippen molar-refractivity contribution in [1.82, 2.24) is 29.9 Å². The summed E-state index contributed by atoms with van der Waals surface area (Å²) in [6.07, 6.45) is 0.105. The van der Waals surface area contributed by atoms with E-state index in [9.17, 15) is 26.7 Å². The van der Waals surface area contributed by atoms with Crippen molar-refractivity contribution in [2.45, 2.75) is 6.18 Å². The maximum absolute atomic E-state index is 13.6. The first-order chi connectivity index (χ1) is 17.2. The highest BCUT2D eigenvalue weighted by atomic mass is 19.4. The van der Waals surface area contributed by atoms with Crippen LogP contribution in [0.2, 0.25) is 0 Å². The van der Waals surface area contributed by atoms with Crippen LogP contribution in [0, 0.1) is 11.6 Å². The van der Waals surface area contributed by atoms with Gasteiger partial charge >= 0.3 is 6.18 Å². The fourth-order valence-electron chi connectivity index (χ4n) is 4.01. The third-order valence-corrected chi connectivity index (χ3v) is 5.79. The number of fused-ring (bicyclic) bond motifs is 1. The van der Waals surface area contributed by atoms with Gasteiger partial charge < -0.3 is 15.2 Å². The zero-order chi connectivity index (χ0) is 25.4. The van der Waals surface area contributed by atoms with Gasteiger partial charge in [0.15, 0.2) is 17.3 Å². The smallest absolute Gasteiger partial charge is 0.359 e. The Morgan fingerprint density at radius 1 is 1.08 bits per heavy atom. The van der Waals surface area contributed by atoms with E-state index >= 15 is 0 Å². The topological polar surface area (TPSA) is 95.0 Å². The number of amides is 1. The normalized spacial score (nSPS) is 15.0. The molecule has 14 heteroatoms. The molecule has 4 heterocycles. The summed E-state index contributed by atoms with van der Waals surface area (Å²) in [4.78, 5) is 23.0. The highest BCUT2D eigenvalue weighted by Crippen LogP contribution is 2.26. The number of aromatic amines is 1. The first-order valence-electron chi connectivity index (χ1n) is 10.9. The summed E-state index contributed by atoms with van der Waals surface area (Å²) in [5, 5.41) is 10.7. The van der Waals surface area contributed by atoms with E-state index in [0.717, 1.165) is 12.1 Å². The molecule has 5 rings (SSSR count). The molecule has 9 nitrogen and oxygen atoms in total. The number of anilines is 2. The van der Waals surface area contributed by atoms with Gasteiger partial charge in [0, 0.05) is 56.1 Å². The molecule has 0 unspecified atom stereocenters. The predicted octanol–water partition coefficient (Wildman–Crippen LogP) is 3.36. The molecule has 1 aliphatic rings. The van der Waals surface area contributed by atoms with Gasteiger partial charge in [0.05, 0.1) is 29.6 Å². The van der Waals surface area contributed by atoms with Crippen LogP contribution < -0.4 is 10.2 Å². The second-order valence-corrected chi connectivity index (χ2v) is 8.27. The van der Waals surface area contributed by atoms with Crippen molar-refractivity contribution in [2.75, 3.05) is 42.9 Å². The van der Waals surface area contributed by atoms with Gasteiger partial charge in [-0.15, -0.1) is 5.10 Å². The van der Waals surface area contributed by atoms with Gasteiger partial charge in [-0.05, 0) is 12.1 Å². The zero-order valence-corrected chi connectivity index (χ0v) is 18.6. The number of carbonyl (C=O) groups is 1. The van der Waals surface area contributed by atoms with Crippen LogP contribution in [-0.4, -0.2) is 74.7 Å². The number of alkyl halides is 3. The number of pyridine rings is 1. The van der Waals surface area contributed by atoms with Crippen molar-refractivity contribution < 1.29 is 26.7 Å². The fraction of sp³-hybridized carbons (Fsp3) is 0.273. The van der Waals surface area contributed by atoms with Crippen molar-refractivity contribution in [3.63, 3.8) is 0 Å². The Morgan fingerprint density at radius 2 is 1.83 bits per heavy atom. The van der Waals surface area contributed by atoms with Crippen molar-refractivity contribution in [3.8, 4) is 5.69 Å². The van der Waals surface area contributed by atoms with Crippen molar-refractivity contribution in [1.29, 1.82) is 0 Å². The molecule has 0 aliphatic carbocycles. The molecule has 1 amide bonds. The van der Waals surface area contributed by atoms with Gasteiger partial charge in [0.2, 0.25) is 0 Å². The summed E-state index contributed by atoms with van der Waals surface area (Å²) in [6, 6.07) is 5.33. The first-order valence-corrected chi connectivity index (χ1v) is 10.9. The van der Waals surface area contributed by atoms with E-state index in [1.165, 1.54) is 28.2 Å². The maximum atomic E-state index is 13.6. The number of nitrogens with one attached hydrogen (secondary N) is 2. The molecule has 188 valence electrons. The average Bonchev–Trinajstić information content (AvgIpc) is 3.47. The summed E-state index contributed by atoms with van der Waals surface area (Å²) in [6.45, 7) is 0.328. The number of carbonyl (C=O) groups excluding carboxylic acids is 1. The van der Waals surface area contributed by atoms with Crippen LogP contribution in [0.1, 0.15) is 10.5 Å². The van der Waals surface area contributed by atoms with Crippen LogP contribution in [0.25, 0.3) is 16.6 Å². The Bertz CT molecular complexity index is 1410. The third kappa shape index (κ3) is 4.98. The number of nitrogens with zero attached hydrogens (tertiary/aromatic N) is 6. The van der Waals surface area contributed by atoms with Crippen LogP contribution in [0.3, 0.4) is 0 Å². The van der Waals surface area contributed by atoms with Gasteiger partial charge in [0.1, 0.15) is 5.82 Å². The lowest BCUT2D eigenvalue weighted by atomic mass is 10.2. The average molecular weight is 506 g/mol. The van der Waals surface area contributed by atoms with Gasteiger partial charge in [-0.25, -0.2) is 18.4 Å². The monoisotopic (exact) mass is 506 g/mol. The Balaban J connectivity index is 1.27. The van der Waals surface area contributed by atoms with E-state index in [0.29, 0.717) is 35.5 Å². The number of halogens is 5. The zero-order valence-electron chi connectivity index (χ0n) is 18.6. The van der Waals surface area contributed by atoms with Crippen LogP contribution in [0.15, 0.2) is 42.9 Å². The predicted molar refractivity (Wildman–Crippen MR) is 120 cm³/mol. The lowest BCUT2D eigenvalue weighted by molar-refractivity contribution is -0.146. The van der Waals surface area contributed by atoms with E-state index in [4.69, 9.17) is 0 Å². The number of H-pyrrole nitrogens is 1. The van der Waals surface area contributed by atoms with E-state index in [1.54, 1.807) is 12.1 Å². The number of rotatable bonds is 5. The number of aromatic nitrogens is 5. The van der Waals surface area contributed by atoms with Gasteiger partial charge in [-0.2, -0.15) is 13.2 Å². The second-order valence-electron chi connectivity index (χ2n) is 8.27. The molecule has 0 radical (unpaired) electrons. The summed E-state index contributed by atoms with van der Waals surface area (Å²) >= 11 is 0. The van der Waals surface area contributed by atoms with Gasteiger partial charge in [-0.1, -0.05) is 5.21 Å². The van der Waals surface area contributed by atoms with Crippen LogP contribution in [0.4, 0.5) is 33.5 Å². The highest BCUT2D eigenvalue weighted by Gasteiger charge is 2.32. The van der Waals surface area contributed by atoms with Crippen molar-refractivity contribution >= 4 is 28.3 Å². The summed E-state index contributed by atoms with van der Waals surface area (Å²) in [5.74, 6) is -2.10. The third-order valence-electron chi connectivity index (χ3n) is 5.79. The maximum Gasteiger partial charge on any atom is 0.401 e. The number of hydrogen-bond donors (Lipinski definition) is 2. The Kier molecular flexibility index (Phi) is 6.04. The lowest BCUT2D eigenvalue weighted by Gasteiger charge is -2.35. The minimum absolute atomic E-state index is 0.0222. The number of piperazine rings is 1. The first kappa shape index (κ1) is 23.7. The molecule has 0 atom stereocenters. The number of benzene rings is 1. The number of hydrogen-bond acceptors (Lipinski definition) is 6. The molecule has 4 aromatic rings. The standard InChI is InChI=1S/C22H19F5N8O/c23-15-8-14-17(9-16(15)24)29-10-18(14)30-21(36)19-11-35(32-31-19)13-1-2-28-20(7-13)34-5-3-33(4-6-34)12-22(25,26)27/h1-2,7-11,29H,3-6,12H2,(H,30,36). The lowest BCUT2D eigenvalue weighted by Crippen LogP contribution is -2.49. The quantitative estimate of drug-likeness (QED) is 0.403. The van der Waals surface area contributed by atoms with Crippen LogP contribution in [-0.2, 0) is 0 Å². The second kappa shape index (κ2) is 9.18. The molecule has 3 aromatic heterocycles. The van der Waals surface area contributed by atoms with E-state index < -0.39 is 30.3 Å². The molecule has 2 N–H and O–H groups in total. The van der Waals surface area contributed by atoms with Gasteiger partial charge in [0.25, 0.3) is 5.91 Å². The summed E-state index contributed by atoms with van der Waals surface area (Å²) in [5.41, 5.74) is 1.09. The molecule has 1 aliphatic heterocycles. The van der Waals surface area contributed by atoms with Crippen LogP contribution in [0.5, 0.6) is 0 Å². The largest absolute Gasteiger partial charge is 0.401 e. The summed E-state index contributed by atoms with van der Waals surface area (Å²) in [7, 11) is 0. The Hall–Kier alpha value is -4.07. The van der Waals surface area contributed by atoms with Crippen LogP contribution >= 0.6 is 0 Å². The van der Waals surface area contributed by atoms with E-state index in [-0.39, 0.29) is 24.5 Å². The van der Waals surface area contributed by atoms with E-state index in [1.807, 2.05) is 4.90 Å². The van der Waals surface area contributed by atoms with Crippen molar-refractivity contribution in [2.24, 2.45) is 0 Å². The van der Waals surface area contributed by atoms with Gasteiger partial charge in [-0.3, -0.25) is 9.69 Å². The van der Waals surface area contributed by atoms with Crippen molar-refractivity contribution in [3.05, 3.63) is 60.2 Å². The minimum atomic E-state index is -4.24. The molecule has 1 fully saturated rings. The molecular weight excluding hydrogens is 487 g/mol. The molecule has 0 saturated carbocycles. The van der Waals surface area contributed by atoms with E-state index in [2.05, 4.69) is 25.6 Å². The molecule has 0 spiro atoms. The Labute approximate surface area is 200 Å². The Morgan fingerprint density at radius 3 is 2.58 bits per heavy atom. The molecule has 1 aromatic carbocycles. The highest BCUT2D eigenvalue weighted by molar-refractivity contribution is 6.07. The molecule has 0 bridgehead atoms. The molecule has 36 heavy (non-hydrogen) atoms.